The molecule has 0 saturated carbocycles. The van der Waals surface area contributed by atoms with Gasteiger partial charge in [0, 0.05) is 6.61 Å². The number of esters is 1. The van der Waals surface area contributed by atoms with Gasteiger partial charge >= 0.3 is 5.97 Å². The maximum Gasteiger partial charge on any atom is 0.325 e. The van der Waals surface area contributed by atoms with Crippen LogP contribution in [0.4, 0.5) is 0 Å². The molecule has 0 heterocycles. The van der Waals surface area contributed by atoms with Crippen molar-refractivity contribution in [3.63, 3.8) is 0 Å². The van der Waals surface area contributed by atoms with Crippen LogP contribution in [0.3, 0.4) is 0 Å². The monoisotopic (exact) mass is 237 g/mol. The fourth-order valence-electron chi connectivity index (χ4n) is 1.38. The number of benzene rings is 1. The number of rotatable bonds is 6. The van der Waals surface area contributed by atoms with E-state index in [0.29, 0.717) is 19.6 Å². The zero-order valence-electron chi connectivity index (χ0n) is 10.3. The van der Waals surface area contributed by atoms with Gasteiger partial charge in [-0.2, -0.15) is 0 Å². The van der Waals surface area contributed by atoms with E-state index in [1.165, 1.54) is 7.11 Å². The predicted molar refractivity (Wildman–Crippen MR) is 65.3 cm³/mol. The molecule has 17 heavy (non-hydrogen) atoms. The van der Waals surface area contributed by atoms with Crippen molar-refractivity contribution >= 4 is 5.97 Å². The quantitative estimate of drug-likeness (QED) is 0.601. The van der Waals surface area contributed by atoms with Gasteiger partial charge in [0.15, 0.2) is 0 Å². The SMILES string of the molecule is COC(=O)[C@@](C)(N)CCOCc1ccccc1. The van der Waals surface area contributed by atoms with Crippen LogP contribution < -0.4 is 5.73 Å². The molecule has 0 aliphatic rings. The highest BCUT2D eigenvalue weighted by Gasteiger charge is 2.28. The molecular weight excluding hydrogens is 218 g/mol. The van der Waals surface area contributed by atoms with E-state index >= 15 is 0 Å². The van der Waals surface area contributed by atoms with E-state index in [-0.39, 0.29) is 0 Å². The van der Waals surface area contributed by atoms with Crippen LogP contribution in [-0.4, -0.2) is 25.2 Å². The Bertz CT molecular complexity index is 349. The number of ether oxygens (including phenoxy) is 2. The fourth-order valence-corrected chi connectivity index (χ4v) is 1.38. The van der Waals surface area contributed by atoms with Gasteiger partial charge in [-0.15, -0.1) is 0 Å². The highest BCUT2D eigenvalue weighted by atomic mass is 16.5. The topological polar surface area (TPSA) is 61.5 Å². The molecule has 1 rings (SSSR count). The maximum atomic E-state index is 11.3. The van der Waals surface area contributed by atoms with Crippen LogP contribution in [0.5, 0.6) is 0 Å². The van der Waals surface area contributed by atoms with Crippen molar-refractivity contribution in [3.8, 4) is 0 Å². The molecule has 0 saturated heterocycles. The molecule has 4 nitrogen and oxygen atoms in total. The van der Waals surface area contributed by atoms with Crippen LogP contribution in [0.2, 0.25) is 0 Å². The first kappa shape index (κ1) is 13.7. The van der Waals surface area contributed by atoms with Crippen molar-refractivity contribution in [1.82, 2.24) is 0 Å². The minimum absolute atomic E-state index is 0.416. The van der Waals surface area contributed by atoms with Crippen LogP contribution in [0.25, 0.3) is 0 Å². The van der Waals surface area contributed by atoms with Crippen LogP contribution in [0.1, 0.15) is 18.9 Å². The zero-order valence-corrected chi connectivity index (χ0v) is 10.3. The second-order valence-electron chi connectivity index (χ2n) is 4.20. The molecule has 0 aliphatic carbocycles. The predicted octanol–water partition coefficient (Wildman–Crippen LogP) is 1.48. The normalized spacial score (nSPS) is 14.1. The average Bonchev–Trinajstić information content (AvgIpc) is 2.35. The summed E-state index contributed by atoms with van der Waals surface area (Å²) in [5.41, 5.74) is 5.92. The van der Waals surface area contributed by atoms with E-state index in [9.17, 15) is 4.79 Å². The lowest BCUT2D eigenvalue weighted by atomic mass is 10.0. The number of carbonyl (C=O) groups is 1. The molecule has 0 radical (unpaired) electrons. The summed E-state index contributed by atoms with van der Waals surface area (Å²) in [6.45, 7) is 2.60. The van der Waals surface area contributed by atoms with Gasteiger partial charge < -0.3 is 15.2 Å². The Morgan fingerprint density at radius 2 is 2.00 bits per heavy atom. The van der Waals surface area contributed by atoms with Gasteiger partial charge in [-0.3, -0.25) is 4.79 Å². The number of carbonyl (C=O) groups excluding carboxylic acids is 1. The van der Waals surface area contributed by atoms with E-state index in [1.807, 2.05) is 30.3 Å². The molecule has 1 atom stereocenters. The fraction of sp³-hybridized carbons (Fsp3) is 0.462. The number of hydrogen-bond acceptors (Lipinski definition) is 4. The minimum Gasteiger partial charge on any atom is -0.468 e. The first-order valence-corrected chi connectivity index (χ1v) is 5.55. The molecule has 0 bridgehead atoms. The Hall–Kier alpha value is -1.39. The molecule has 0 amide bonds. The van der Waals surface area contributed by atoms with E-state index in [1.54, 1.807) is 6.92 Å². The van der Waals surface area contributed by atoms with Crippen molar-refractivity contribution < 1.29 is 14.3 Å². The number of nitrogens with two attached hydrogens (primary N) is 1. The first-order valence-electron chi connectivity index (χ1n) is 5.55. The summed E-state index contributed by atoms with van der Waals surface area (Å²) >= 11 is 0. The lowest BCUT2D eigenvalue weighted by Crippen LogP contribution is -2.46. The Balaban J connectivity index is 2.27. The van der Waals surface area contributed by atoms with Crippen molar-refractivity contribution in [2.45, 2.75) is 25.5 Å². The lowest BCUT2D eigenvalue weighted by Gasteiger charge is -2.21. The zero-order chi connectivity index (χ0) is 12.7. The van der Waals surface area contributed by atoms with E-state index in [4.69, 9.17) is 10.5 Å². The van der Waals surface area contributed by atoms with E-state index in [0.717, 1.165) is 5.56 Å². The highest BCUT2D eigenvalue weighted by molar-refractivity contribution is 5.79. The van der Waals surface area contributed by atoms with Crippen LogP contribution in [0, 0.1) is 0 Å². The van der Waals surface area contributed by atoms with Gasteiger partial charge in [0.25, 0.3) is 0 Å². The second kappa shape index (κ2) is 6.37. The van der Waals surface area contributed by atoms with Crippen LogP contribution in [-0.2, 0) is 20.9 Å². The maximum absolute atomic E-state index is 11.3. The lowest BCUT2D eigenvalue weighted by molar-refractivity contribution is -0.147. The molecule has 0 aromatic heterocycles. The third kappa shape index (κ3) is 4.54. The average molecular weight is 237 g/mol. The van der Waals surface area contributed by atoms with Crippen LogP contribution >= 0.6 is 0 Å². The summed E-state index contributed by atoms with van der Waals surface area (Å²) in [6, 6.07) is 9.85. The molecule has 0 unspecified atom stereocenters. The van der Waals surface area contributed by atoms with Crippen molar-refractivity contribution in [3.05, 3.63) is 35.9 Å². The summed E-state index contributed by atoms with van der Waals surface area (Å²) < 4.78 is 10.1. The van der Waals surface area contributed by atoms with Gasteiger partial charge in [0.1, 0.15) is 5.54 Å². The second-order valence-corrected chi connectivity index (χ2v) is 4.20. The largest absolute Gasteiger partial charge is 0.468 e. The molecule has 4 heteroatoms. The van der Waals surface area contributed by atoms with Gasteiger partial charge in [-0.05, 0) is 18.9 Å². The van der Waals surface area contributed by atoms with Gasteiger partial charge in [0.2, 0.25) is 0 Å². The van der Waals surface area contributed by atoms with E-state index < -0.39 is 11.5 Å². The standard InChI is InChI=1S/C13H19NO3/c1-13(14,12(15)16-2)8-9-17-10-11-6-4-3-5-7-11/h3-7H,8-10,14H2,1-2H3/t13-/m0/s1. The first-order chi connectivity index (χ1) is 8.06. The Morgan fingerprint density at radius 1 is 1.35 bits per heavy atom. The molecule has 1 aromatic carbocycles. The summed E-state index contributed by atoms with van der Waals surface area (Å²) in [6.07, 6.45) is 0.437. The summed E-state index contributed by atoms with van der Waals surface area (Å²) in [5, 5.41) is 0. The minimum atomic E-state index is -0.981. The number of methoxy groups -OCH3 is 1. The van der Waals surface area contributed by atoms with E-state index in [2.05, 4.69) is 4.74 Å². The van der Waals surface area contributed by atoms with Crippen molar-refractivity contribution in [1.29, 1.82) is 0 Å². The van der Waals surface area contributed by atoms with Crippen LogP contribution in [0.15, 0.2) is 30.3 Å². The molecule has 1 aromatic rings. The number of hydrogen-bond donors (Lipinski definition) is 1. The Morgan fingerprint density at radius 3 is 2.59 bits per heavy atom. The summed E-state index contributed by atoms with van der Waals surface area (Å²) in [5.74, 6) is -0.416. The van der Waals surface area contributed by atoms with Gasteiger partial charge in [-0.25, -0.2) is 0 Å². The summed E-state index contributed by atoms with van der Waals surface area (Å²) in [4.78, 5) is 11.3. The molecule has 94 valence electrons. The molecule has 0 fully saturated rings. The molecule has 0 aliphatic heterocycles. The molecular formula is C13H19NO3. The van der Waals surface area contributed by atoms with Gasteiger partial charge in [-0.1, -0.05) is 30.3 Å². The Kier molecular flexibility index (Phi) is 5.12. The smallest absolute Gasteiger partial charge is 0.325 e. The highest BCUT2D eigenvalue weighted by Crippen LogP contribution is 2.09. The molecule has 2 N–H and O–H groups in total. The van der Waals surface area contributed by atoms with Crippen molar-refractivity contribution in [2.75, 3.05) is 13.7 Å². The van der Waals surface area contributed by atoms with Crippen molar-refractivity contribution in [2.24, 2.45) is 5.73 Å². The third-order valence-corrected chi connectivity index (χ3v) is 2.53. The van der Waals surface area contributed by atoms with Gasteiger partial charge in [0.05, 0.1) is 13.7 Å². The summed E-state index contributed by atoms with van der Waals surface area (Å²) in [7, 11) is 1.33. The third-order valence-electron chi connectivity index (χ3n) is 2.53. The Labute approximate surface area is 102 Å². The molecule has 0 spiro atoms.